The summed E-state index contributed by atoms with van der Waals surface area (Å²) in [5, 5.41) is 12.9. The van der Waals surface area contributed by atoms with Gasteiger partial charge in [-0.05, 0) is 40.5 Å². The van der Waals surface area contributed by atoms with Gasteiger partial charge in [-0.25, -0.2) is 18.9 Å². The lowest BCUT2D eigenvalue weighted by atomic mass is 10.3. The molecule has 0 unspecified atom stereocenters. The Hall–Kier alpha value is -1.76. The Morgan fingerprint density at radius 2 is 2.26 bits per heavy atom. The standard InChI is InChI=1S/C12H11BrFN3O2/c1-2-3-10-15-11(12(18)19)16-17(10)7-4-5-9(14)8(13)6-7/h4-6H,2-3H2,1H3,(H,18,19). The van der Waals surface area contributed by atoms with Crippen LogP contribution in [0.15, 0.2) is 22.7 Å². The summed E-state index contributed by atoms with van der Waals surface area (Å²) < 4.78 is 14.9. The first-order chi connectivity index (χ1) is 9.02. The van der Waals surface area contributed by atoms with E-state index in [-0.39, 0.29) is 11.6 Å². The van der Waals surface area contributed by atoms with Crippen LogP contribution in [0, 0.1) is 5.82 Å². The number of aromatic nitrogens is 3. The molecule has 0 aliphatic rings. The fourth-order valence-corrected chi connectivity index (χ4v) is 2.01. The lowest BCUT2D eigenvalue weighted by molar-refractivity contribution is 0.0683. The summed E-state index contributed by atoms with van der Waals surface area (Å²) >= 11 is 3.09. The molecule has 1 heterocycles. The third-order valence-electron chi connectivity index (χ3n) is 2.49. The first kappa shape index (κ1) is 13.7. The number of carboxylic acids is 1. The van der Waals surface area contributed by atoms with Crippen LogP contribution >= 0.6 is 15.9 Å². The van der Waals surface area contributed by atoms with Crippen molar-refractivity contribution in [2.24, 2.45) is 0 Å². The molecule has 0 aliphatic heterocycles. The van der Waals surface area contributed by atoms with Crippen molar-refractivity contribution in [3.05, 3.63) is 40.1 Å². The minimum absolute atomic E-state index is 0.260. The summed E-state index contributed by atoms with van der Waals surface area (Å²) in [5.41, 5.74) is 0.566. The summed E-state index contributed by atoms with van der Waals surface area (Å²) in [7, 11) is 0. The van der Waals surface area contributed by atoms with E-state index in [0.29, 0.717) is 22.4 Å². The van der Waals surface area contributed by atoms with E-state index in [4.69, 9.17) is 5.11 Å². The average Bonchev–Trinajstić information content (AvgIpc) is 2.77. The zero-order chi connectivity index (χ0) is 14.0. The zero-order valence-corrected chi connectivity index (χ0v) is 11.7. The van der Waals surface area contributed by atoms with Crippen molar-refractivity contribution in [2.75, 3.05) is 0 Å². The minimum atomic E-state index is -1.18. The molecule has 2 rings (SSSR count). The van der Waals surface area contributed by atoms with Crippen LogP contribution in [0.25, 0.3) is 5.69 Å². The number of hydrogen-bond acceptors (Lipinski definition) is 3. The molecule has 0 fully saturated rings. The number of carbonyl (C=O) groups is 1. The molecule has 1 aromatic heterocycles. The number of aromatic carboxylic acids is 1. The summed E-state index contributed by atoms with van der Waals surface area (Å²) in [4.78, 5) is 14.9. The van der Waals surface area contributed by atoms with Gasteiger partial charge in [0.15, 0.2) is 0 Å². The monoisotopic (exact) mass is 327 g/mol. The highest BCUT2D eigenvalue weighted by Crippen LogP contribution is 2.20. The highest BCUT2D eigenvalue weighted by Gasteiger charge is 2.16. The van der Waals surface area contributed by atoms with Gasteiger partial charge in [-0.15, -0.1) is 5.10 Å². The first-order valence-electron chi connectivity index (χ1n) is 5.67. The maximum Gasteiger partial charge on any atom is 0.375 e. The van der Waals surface area contributed by atoms with Crippen LogP contribution in [0.2, 0.25) is 0 Å². The van der Waals surface area contributed by atoms with Crippen molar-refractivity contribution in [2.45, 2.75) is 19.8 Å². The molecule has 100 valence electrons. The topological polar surface area (TPSA) is 68.0 Å². The molecule has 5 nitrogen and oxygen atoms in total. The fourth-order valence-electron chi connectivity index (χ4n) is 1.64. The van der Waals surface area contributed by atoms with Gasteiger partial charge < -0.3 is 5.11 Å². The number of benzene rings is 1. The zero-order valence-electron chi connectivity index (χ0n) is 10.1. The van der Waals surface area contributed by atoms with E-state index in [1.54, 1.807) is 0 Å². The Morgan fingerprint density at radius 1 is 1.53 bits per heavy atom. The van der Waals surface area contributed by atoms with Gasteiger partial charge in [-0.3, -0.25) is 0 Å². The number of nitrogens with zero attached hydrogens (tertiary/aromatic N) is 3. The maximum absolute atomic E-state index is 13.2. The number of rotatable bonds is 4. The smallest absolute Gasteiger partial charge is 0.375 e. The van der Waals surface area contributed by atoms with E-state index in [1.807, 2.05) is 6.92 Å². The predicted octanol–water partition coefficient (Wildman–Crippen LogP) is 2.82. The van der Waals surface area contributed by atoms with Crippen molar-refractivity contribution in [3.8, 4) is 5.69 Å². The Balaban J connectivity index is 2.52. The third-order valence-corrected chi connectivity index (χ3v) is 3.09. The molecular formula is C12H11BrFN3O2. The van der Waals surface area contributed by atoms with Crippen molar-refractivity contribution in [1.29, 1.82) is 0 Å². The van der Waals surface area contributed by atoms with Crippen molar-refractivity contribution in [1.82, 2.24) is 14.8 Å². The fraction of sp³-hybridized carbons (Fsp3) is 0.250. The summed E-state index contributed by atoms with van der Waals surface area (Å²) in [6, 6.07) is 4.35. The van der Waals surface area contributed by atoms with Gasteiger partial charge in [0.05, 0.1) is 10.2 Å². The second-order valence-corrected chi connectivity index (χ2v) is 4.77. The molecule has 0 aliphatic carbocycles. The molecule has 0 bridgehead atoms. The molecule has 1 aromatic carbocycles. The van der Waals surface area contributed by atoms with Crippen molar-refractivity contribution >= 4 is 21.9 Å². The highest BCUT2D eigenvalue weighted by molar-refractivity contribution is 9.10. The van der Waals surface area contributed by atoms with Crippen LogP contribution < -0.4 is 0 Å². The Labute approximate surface area is 117 Å². The van der Waals surface area contributed by atoms with Gasteiger partial charge in [0, 0.05) is 6.42 Å². The molecule has 0 saturated heterocycles. The predicted molar refractivity (Wildman–Crippen MR) is 70.0 cm³/mol. The molecule has 2 aromatic rings. The van der Waals surface area contributed by atoms with Gasteiger partial charge in [-0.1, -0.05) is 6.92 Å². The van der Waals surface area contributed by atoms with E-state index >= 15 is 0 Å². The Morgan fingerprint density at radius 3 is 2.84 bits per heavy atom. The summed E-state index contributed by atoms with van der Waals surface area (Å²) in [6.45, 7) is 1.96. The van der Waals surface area contributed by atoms with Crippen LogP contribution in [0.4, 0.5) is 4.39 Å². The highest BCUT2D eigenvalue weighted by atomic mass is 79.9. The van der Waals surface area contributed by atoms with Gasteiger partial charge in [0.1, 0.15) is 11.6 Å². The van der Waals surface area contributed by atoms with E-state index in [0.717, 1.165) is 6.42 Å². The normalized spacial score (nSPS) is 10.7. The minimum Gasteiger partial charge on any atom is -0.475 e. The Kier molecular flexibility index (Phi) is 3.94. The number of hydrogen-bond donors (Lipinski definition) is 1. The largest absolute Gasteiger partial charge is 0.475 e. The second kappa shape index (κ2) is 5.48. The molecule has 19 heavy (non-hydrogen) atoms. The van der Waals surface area contributed by atoms with Crippen LogP contribution in [-0.2, 0) is 6.42 Å². The van der Waals surface area contributed by atoms with Gasteiger partial charge in [-0.2, -0.15) is 0 Å². The lowest BCUT2D eigenvalue weighted by Crippen LogP contribution is -2.04. The van der Waals surface area contributed by atoms with E-state index in [9.17, 15) is 9.18 Å². The van der Waals surface area contributed by atoms with Crippen LogP contribution in [0.1, 0.15) is 29.8 Å². The lowest BCUT2D eigenvalue weighted by Gasteiger charge is -2.05. The quantitative estimate of drug-likeness (QED) is 0.937. The Bertz CT molecular complexity index is 627. The summed E-state index contributed by atoms with van der Waals surface area (Å²) in [6.07, 6.45) is 1.40. The first-order valence-corrected chi connectivity index (χ1v) is 6.47. The average molecular weight is 328 g/mol. The summed E-state index contributed by atoms with van der Waals surface area (Å²) in [5.74, 6) is -1.29. The van der Waals surface area contributed by atoms with Gasteiger partial charge in [0.2, 0.25) is 0 Å². The molecule has 1 N–H and O–H groups in total. The molecule has 0 atom stereocenters. The maximum atomic E-state index is 13.2. The number of carboxylic acid groups (broad SMARTS) is 1. The van der Waals surface area contributed by atoms with Gasteiger partial charge in [0.25, 0.3) is 5.82 Å². The van der Waals surface area contributed by atoms with E-state index in [2.05, 4.69) is 26.0 Å². The molecule has 7 heteroatoms. The van der Waals surface area contributed by atoms with Crippen LogP contribution in [0.3, 0.4) is 0 Å². The third kappa shape index (κ3) is 2.81. The second-order valence-electron chi connectivity index (χ2n) is 3.92. The molecule has 0 spiro atoms. The SMILES string of the molecule is CCCc1nc(C(=O)O)nn1-c1ccc(F)c(Br)c1. The van der Waals surface area contributed by atoms with Gasteiger partial charge >= 0.3 is 5.97 Å². The van der Waals surface area contributed by atoms with Crippen LogP contribution in [0.5, 0.6) is 0 Å². The molecule has 0 radical (unpaired) electrons. The molecule has 0 amide bonds. The van der Waals surface area contributed by atoms with Crippen molar-refractivity contribution < 1.29 is 14.3 Å². The van der Waals surface area contributed by atoms with Crippen molar-refractivity contribution in [3.63, 3.8) is 0 Å². The molecular weight excluding hydrogens is 317 g/mol. The van der Waals surface area contributed by atoms with Crippen LogP contribution in [-0.4, -0.2) is 25.8 Å². The van der Waals surface area contributed by atoms with E-state index < -0.39 is 5.97 Å². The molecule has 0 saturated carbocycles. The number of halogens is 2. The number of aryl methyl sites for hydroxylation is 1. The van der Waals surface area contributed by atoms with E-state index in [1.165, 1.54) is 22.9 Å².